The van der Waals surface area contributed by atoms with Gasteiger partial charge in [0.2, 0.25) is 0 Å². The van der Waals surface area contributed by atoms with E-state index in [2.05, 4.69) is 5.10 Å². The van der Waals surface area contributed by atoms with Crippen LogP contribution in [0.2, 0.25) is 0 Å². The average molecular weight is 329 g/mol. The van der Waals surface area contributed by atoms with Gasteiger partial charge in [0, 0.05) is 23.7 Å². The van der Waals surface area contributed by atoms with E-state index in [0.29, 0.717) is 5.56 Å². The van der Waals surface area contributed by atoms with Gasteiger partial charge in [0.15, 0.2) is 0 Å². The molecule has 0 fully saturated rings. The van der Waals surface area contributed by atoms with Crippen LogP contribution in [0.4, 0.5) is 4.39 Å². The van der Waals surface area contributed by atoms with E-state index in [1.165, 1.54) is 30.9 Å². The first-order valence-corrected chi connectivity index (χ1v) is 7.05. The summed E-state index contributed by atoms with van der Waals surface area (Å²) < 4.78 is 13.9. The second-order valence-electron chi connectivity index (χ2n) is 5.12. The van der Waals surface area contributed by atoms with Gasteiger partial charge < -0.3 is 0 Å². The molecule has 124 valence electrons. The van der Waals surface area contributed by atoms with Crippen molar-refractivity contribution in [3.63, 3.8) is 0 Å². The van der Waals surface area contributed by atoms with E-state index >= 15 is 0 Å². The van der Waals surface area contributed by atoms with Crippen molar-refractivity contribution in [3.05, 3.63) is 70.5 Å². The van der Waals surface area contributed by atoms with Crippen LogP contribution in [0, 0.1) is 12.7 Å². The molecule has 24 heavy (non-hydrogen) atoms. The summed E-state index contributed by atoms with van der Waals surface area (Å²) in [6.45, 7) is 1.92. The molecule has 0 saturated carbocycles. The molecule has 0 heterocycles. The lowest BCUT2D eigenvalue weighted by Crippen LogP contribution is -2.21. The molecule has 0 radical (unpaired) electrons. The first-order chi connectivity index (χ1) is 11.4. The maximum atomic E-state index is 13.9. The maximum Gasteiger partial charge on any atom is 0.274 e. The van der Waals surface area contributed by atoms with Gasteiger partial charge in [-0.15, -0.1) is 0 Å². The van der Waals surface area contributed by atoms with Crippen LogP contribution in [-0.4, -0.2) is 35.3 Å². The van der Waals surface area contributed by atoms with Crippen LogP contribution in [0.25, 0.3) is 0 Å². The van der Waals surface area contributed by atoms with Crippen LogP contribution in [0.1, 0.15) is 31.8 Å². The Morgan fingerprint density at radius 1 is 1.17 bits per heavy atom. The maximum absolute atomic E-state index is 13.9. The van der Waals surface area contributed by atoms with Gasteiger partial charge in [0.05, 0.1) is 6.21 Å². The number of nitrogens with zero attached hydrogens (tertiary/aromatic N) is 2. The fourth-order valence-corrected chi connectivity index (χ4v) is 1.92. The molecular weight excluding hydrogens is 313 g/mol. The van der Waals surface area contributed by atoms with Gasteiger partial charge in [-0.3, -0.25) is 14.8 Å². The van der Waals surface area contributed by atoms with E-state index in [-0.39, 0.29) is 17.0 Å². The van der Waals surface area contributed by atoms with Crippen molar-refractivity contribution < 1.29 is 19.2 Å². The summed E-state index contributed by atoms with van der Waals surface area (Å²) >= 11 is 0. The van der Waals surface area contributed by atoms with Gasteiger partial charge in [0.1, 0.15) is 5.82 Å². The number of benzene rings is 2. The zero-order chi connectivity index (χ0) is 17.7. The molecule has 0 atom stereocenters. The number of hydrazone groups is 1. The molecule has 2 aromatic carbocycles. The highest BCUT2D eigenvalue weighted by Crippen LogP contribution is 2.10. The summed E-state index contributed by atoms with van der Waals surface area (Å²) in [6, 6.07) is 10.6. The van der Waals surface area contributed by atoms with Crippen molar-refractivity contribution in [3.8, 4) is 0 Å². The monoisotopic (exact) mass is 329 g/mol. The van der Waals surface area contributed by atoms with Crippen LogP contribution in [0.15, 0.2) is 47.6 Å². The number of carbonyl (C=O) groups excluding carboxylic acids is 2. The highest BCUT2D eigenvalue weighted by atomic mass is 19.1. The van der Waals surface area contributed by atoms with Crippen LogP contribution in [-0.2, 0) is 0 Å². The molecule has 2 aromatic rings. The van der Waals surface area contributed by atoms with E-state index in [1.807, 2.05) is 19.1 Å². The minimum absolute atomic E-state index is 0.0313. The molecule has 2 rings (SSSR count). The molecule has 2 amide bonds. The van der Waals surface area contributed by atoms with Gasteiger partial charge in [-0.25, -0.2) is 14.9 Å². The molecule has 0 saturated heterocycles. The summed E-state index contributed by atoms with van der Waals surface area (Å²) in [7, 11) is 1.46. The Morgan fingerprint density at radius 3 is 2.38 bits per heavy atom. The van der Waals surface area contributed by atoms with E-state index < -0.39 is 11.7 Å². The smallest absolute Gasteiger partial charge is 0.274 e. The molecule has 0 aliphatic heterocycles. The van der Waals surface area contributed by atoms with Gasteiger partial charge >= 0.3 is 0 Å². The second kappa shape index (κ2) is 7.47. The van der Waals surface area contributed by atoms with E-state index in [0.717, 1.165) is 16.6 Å². The third-order valence-electron chi connectivity index (χ3n) is 3.33. The molecule has 0 spiro atoms. The largest absolute Gasteiger partial charge is 0.288 e. The summed E-state index contributed by atoms with van der Waals surface area (Å²) in [5, 5.41) is 13.5. The number of halogens is 1. The molecule has 0 aliphatic rings. The Kier molecular flexibility index (Phi) is 5.39. The zero-order valence-electron chi connectivity index (χ0n) is 13.2. The molecular formula is C17H16FN3O3. The van der Waals surface area contributed by atoms with Crippen molar-refractivity contribution in [1.82, 2.24) is 10.5 Å². The Labute approximate surface area is 138 Å². The quantitative estimate of drug-likeness (QED) is 0.513. The Hall–Kier alpha value is -3.06. The van der Waals surface area contributed by atoms with Gasteiger partial charge in [-0.05, 0) is 37.3 Å². The average Bonchev–Trinajstić information content (AvgIpc) is 2.59. The molecule has 6 nitrogen and oxygen atoms in total. The predicted octanol–water partition coefficient (Wildman–Crippen LogP) is 2.36. The van der Waals surface area contributed by atoms with Gasteiger partial charge in [-0.1, -0.05) is 17.7 Å². The van der Waals surface area contributed by atoms with Crippen LogP contribution in [0.3, 0.4) is 0 Å². The van der Waals surface area contributed by atoms with Gasteiger partial charge in [0.25, 0.3) is 11.8 Å². The summed E-state index contributed by atoms with van der Waals surface area (Å²) in [4.78, 5) is 23.4. The summed E-state index contributed by atoms with van der Waals surface area (Å²) in [5.74, 6) is -1.84. The number of hydroxylamine groups is 1. The molecule has 7 heteroatoms. The number of hydrogen-bond acceptors (Lipinski definition) is 4. The third-order valence-corrected chi connectivity index (χ3v) is 3.33. The highest BCUT2D eigenvalue weighted by Gasteiger charge is 2.11. The highest BCUT2D eigenvalue weighted by molar-refractivity contribution is 5.95. The Bertz CT molecular complexity index is 788. The number of carbonyl (C=O) groups is 2. The molecule has 0 bridgehead atoms. The molecule has 2 N–H and O–H groups in total. The van der Waals surface area contributed by atoms with Crippen LogP contribution < -0.4 is 5.48 Å². The SMILES string of the molecule is Cc1ccc(C(=O)N(C)N=Cc2ccc(C(=O)NO)cc2F)cc1. The van der Waals surface area contributed by atoms with Crippen LogP contribution in [0.5, 0.6) is 0 Å². The second-order valence-corrected chi connectivity index (χ2v) is 5.12. The van der Waals surface area contributed by atoms with Crippen LogP contribution >= 0.6 is 0 Å². The Balaban J connectivity index is 2.13. The number of hydrogen-bond donors (Lipinski definition) is 2. The minimum Gasteiger partial charge on any atom is -0.288 e. The van der Waals surface area contributed by atoms with E-state index in [4.69, 9.17) is 5.21 Å². The standard InChI is InChI=1S/C17H16FN3O3/c1-11-3-5-12(6-4-11)17(23)21(2)19-10-14-8-7-13(9-15(14)18)16(22)20-24/h3-10,24H,1-2H3,(H,20,22). The lowest BCUT2D eigenvalue weighted by Gasteiger charge is -2.11. The minimum atomic E-state index is -0.816. The number of nitrogens with one attached hydrogen (secondary N) is 1. The molecule has 0 aliphatic carbocycles. The number of aryl methyl sites for hydroxylation is 1. The molecule has 0 aromatic heterocycles. The van der Waals surface area contributed by atoms with Crippen molar-refractivity contribution in [2.45, 2.75) is 6.92 Å². The topological polar surface area (TPSA) is 82.0 Å². The lowest BCUT2D eigenvalue weighted by atomic mass is 10.1. The van der Waals surface area contributed by atoms with Crippen molar-refractivity contribution >= 4 is 18.0 Å². The Morgan fingerprint density at radius 2 is 1.79 bits per heavy atom. The number of rotatable bonds is 4. The summed E-state index contributed by atoms with van der Waals surface area (Å²) in [6.07, 6.45) is 1.18. The van der Waals surface area contributed by atoms with Crippen molar-refractivity contribution in [2.75, 3.05) is 7.05 Å². The normalized spacial score (nSPS) is 10.7. The fourth-order valence-electron chi connectivity index (χ4n) is 1.92. The molecule has 0 unspecified atom stereocenters. The third kappa shape index (κ3) is 4.02. The lowest BCUT2D eigenvalue weighted by molar-refractivity contribution is 0.0705. The first-order valence-electron chi connectivity index (χ1n) is 7.05. The van der Waals surface area contributed by atoms with Crippen molar-refractivity contribution in [2.24, 2.45) is 5.10 Å². The van der Waals surface area contributed by atoms with Gasteiger partial charge in [-0.2, -0.15) is 5.10 Å². The van der Waals surface area contributed by atoms with Crippen molar-refractivity contribution in [1.29, 1.82) is 0 Å². The fraction of sp³-hybridized carbons (Fsp3) is 0.118. The zero-order valence-corrected chi connectivity index (χ0v) is 13.2. The van der Waals surface area contributed by atoms with E-state index in [1.54, 1.807) is 12.1 Å². The summed E-state index contributed by atoms with van der Waals surface area (Å²) in [5.41, 5.74) is 3.00. The predicted molar refractivity (Wildman–Crippen MR) is 86.5 cm³/mol. The number of amides is 2. The first kappa shape index (κ1) is 17.3. The van der Waals surface area contributed by atoms with E-state index in [9.17, 15) is 14.0 Å².